The summed E-state index contributed by atoms with van der Waals surface area (Å²) in [7, 11) is 1.51. The maximum Gasteiger partial charge on any atom is 0.273 e. The highest BCUT2D eigenvalue weighted by molar-refractivity contribution is 7.09. The highest BCUT2D eigenvalue weighted by Crippen LogP contribution is 2.34. The second kappa shape index (κ2) is 10.8. The Labute approximate surface area is 200 Å². The number of primary amides is 1. The first-order valence-electron chi connectivity index (χ1n) is 10.2. The number of carbonyl (C=O) groups excluding carboxylic acids is 3. The number of phenols is 1. The molecule has 178 valence electrons. The number of hydrogen-bond acceptors (Lipinski definition) is 8. The maximum absolute atomic E-state index is 13.8. The number of aryl methyl sites for hydroxylation is 1. The van der Waals surface area contributed by atoms with Crippen LogP contribution in [0.1, 0.15) is 37.3 Å². The van der Waals surface area contributed by atoms with E-state index in [2.05, 4.69) is 9.69 Å². The van der Waals surface area contributed by atoms with Crippen molar-refractivity contribution < 1.29 is 24.2 Å². The van der Waals surface area contributed by atoms with Crippen molar-refractivity contribution in [2.75, 3.05) is 30.9 Å². The summed E-state index contributed by atoms with van der Waals surface area (Å²) in [6, 6.07) is 11.9. The zero-order valence-corrected chi connectivity index (χ0v) is 19.5. The summed E-state index contributed by atoms with van der Waals surface area (Å²) in [5, 5.41) is 12.5. The van der Waals surface area contributed by atoms with Crippen LogP contribution in [0, 0.1) is 6.92 Å². The van der Waals surface area contributed by atoms with Crippen LogP contribution in [0.5, 0.6) is 5.75 Å². The lowest BCUT2D eigenvalue weighted by molar-refractivity contribution is -0.122. The third-order valence-corrected chi connectivity index (χ3v) is 5.83. The fraction of sp³-hybridized carbons (Fsp3) is 0.217. The summed E-state index contributed by atoms with van der Waals surface area (Å²) in [4.78, 5) is 40.1. The van der Waals surface area contributed by atoms with Crippen LogP contribution in [0.2, 0.25) is 0 Å². The molecule has 0 bridgehead atoms. The van der Waals surface area contributed by atoms with Crippen molar-refractivity contribution >= 4 is 40.6 Å². The van der Waals surface area contributed by atoms with Crippen molar-refractivity contribution in [3.63, 3.8) is 0 Å². The number of nitrogen functional groups attached to an aromatic ring is 1. The first-order chi connectivity index (χ1) is 16.2. The smallest absolute Gasteiger partial charge is 0.273 e. The van der Waals surface area contributed by atoms with E-state index >= 15 is 0 Å². The van der Waals surface area contributed by atoms with E-state index in [-0.39, 0.29) is 35.2 Å². The fourth-order valence-electron chi connectivity index (χ4n) is 3.35. The molecule has 6 N–H and O–H groups in total. The number of amides is 3. The van der Waals surface area contributed by atoms with Crippen molar-refractivity contribution in [2.24, 2.45) is 5.73 Å². The van der Waals surface area contributed by atoms with Gasteiger partial charge in [-0.3, -0.25) is 19.3 Å². The van der Waals surface area contributed by atoms with Gasteiger partial charge >= 0.3 is 0 Å². The fourth-order valence-corrected chi connectivity index (χ4v) is 4.09. The highest BCUT2D eigenvalue weighted by Gasteiger charge is 2.36. The highest BCUT2D eigenvalue weighted by atomic mass is 32.1. The molecule has 11 heteroatoms. The van der Waals surface area contributed by atoms with Crippen molar-refractivity contribution in [1.29, 1.82) is 0 Å². The first kappa shape index (κ1) is 24.7. The number of aromatic hydroxyl groups is 1. The summed E-state index contributed by atoms with van der Waals surface area (Å²) in [6.07, 6.45) is 0. The number of carbonyl (C=O) groups is 3. The Morgan fingerprint density at radius 2 is 1.91 bits per heavy atom. The number of rotatable bonds is 9. The first-order valence-corrected chi connectivity index (χ1v) is 11.0. The number of nitrogens with zero attached hydrogens (tertiary/aromatic N) is 2. The van der Waals surface area contributed by atoms with Gasteiger partial charge in [0.15, 0.2) is 5.69 Å². The van der Waals surface area contributed by atoms with Gasteiger partial charge in [0.05, 0.1) is 12.3 Å². The standard InChI is InChI=1S/C23H25N5O5S/c1-13-4-3-5-15(12-13)28(23(32)20-17(24)18(21(25)30)27-34-20)19(22(31)26-10-11-33-2)14-6-8-16(29)9-7-14/h3-9,12,19,29H,10-11,24H2,1-2H3,(H2,25,30)(H,26,31). The SMILES string of the molecule is COCCNC(=O)C(c1ccc(O)cc1)N(C(=O)c1snc(C(N)=O)c1N)c1cccc(C)c1. The molecular weight excluding hydrogens is 458 g/mol. The Morgan fingerprint density at radius 3 is 2.50 bits per heavy atom. The van der Waals surface area contributed by atoms with Gasteiger partial charge < -0.3 is 26.6 Å². The van der Waals surface area contributed by atoms with Gasteiger partial charge in [-0.25, -0.2) is 0 Å². The summed E-state index contributed by atoms with van der Waals surface area (Å²) >= 11 is 0.729. The number of benzene rings is 2. The molecule has 0 aliphatic carbocycles. The van der Waals surface area contributed by atoms with E-state index in [1.807, 2.05) is 13.0 Å². The molecule has 1 atom stereocenters. The molecule has 1 heterocycles. The molecule has 34 heavy (non-hydrogen) atoms. The zero-order valence-electron chi connectivity index (χ0n) is 18.6. The molecule has 1 unspecified atom stereocenters. The second-order valence-electron chi connectivity index (χ2n) is 7.43. The predicted octanol–water partition coefficient (Wildman–Crippen LogP) is 1.99. The van der Waals surface area contributed by atoms with Gasteiger partial charge in [-0.2, -0.15) is 4.37 Å². The average molecular weight is 484 g/mol. The van der Waals surface area contributed by atoms with E-state index in [9.17, 15) is 19.5 Å². The normalized spacial score (nSPS) is 11.6. The molecule has 0 saturated carbocycles. The van der Waals surface area contributed by atoms with Crippen LogP contribution in [-0.2, 0) is 9.53 Å². The average Bonchev–Trinajstić information content (AvgIpc) is 3.19. The minimum absolute atomic E-state index is 0.00789. The Kier molecular flexibility index (Phi) is 7.82. The van der Waals surface area contributed by atoms with E-state index in [4.69, 9.17) is 16.2 Å². The van der Waals surface area contributed by atoms with Gasteiger partial charge in [-0.05, 0) is 53.8 Å². The number of nitrogens with one attached hydrogen (secondary N) is 1. The van der Waals surface area contributed by atoms with Crippen LogP contribution in [0.25, 0.3) is 0 Å². The number of nitrogens with two attached hydrogens (primary N) is 2. The Balaban J connectivity index is 2.17. The third kappa shape index (κ3) is 5.33. The topological polar surface area (TPSA) is 161 Å². The summed E-state index contributed by atoms with van der Waals surface area (Å²) in [6.45, 7) is 2.34. The summed E-state index contributed by atoms with van der Waals surface area (Å²) < 4.78 is 8.94. The molecule has 3 rings (SSSR count). The van der Waals surface area contributed by atoms with E-state index in [0.29, 0.717) is 11.3 Å². The molecule has 0 radical (unpaired) electrons. The molecule has 2 aromatic carbocycles. The van der Waals surface area contributed by atoms with Gasteiger partial charge in [0, 0.05) is 19.3 Å². The van der Waals surface area contributed by atoms with Crippen LogP contribution in [-0.4, -0.2) is 47.5 Å². The predicted molar refractivity (Wildman–Crippen MR) is 129 cm³/mol. The molecule has 10 nitrogen and oxygen atoms in total. The van der Waals surface area contributed by atoms with Crippen LogP contribution in [0.4, 0.5) is 11.4 Å². The Hall–Kier alpha value is -3.96. The lowest BCUT2D eigenvalue weighted by Gasteiger charge is -2.31. The molecule has 0 fully saturated rings. The third-order valence-electron chi connectivity index (χ3n) is 4.98. The van der Waals surface area contributed by atoms with Crippen LogP contribution < -0.4 is 21.7 Å². The van der Waals surface area contributed by atoms with Crippen LogP contribution >= 0.6 is 11.5 Å². The lowest BCUT2D eigenvalue weighted by Crippen LogP contribution is -2.44. The molecule has 3 aromatic rings. The number of methoxy groups -OCH3 is 1. The molecule has 0 aliphatic heterocycles. The van der Waals surface area contributed by atoms with Crippen molar-refractivity contribution in [2.45, 2.75) is 13.0 Å². The van der Waals surface area contributed by atoms with Gasteiger partial charge in [0.1, 0.15) is 16.7 Å². The van der Waals surface area contributed by atoms with Gasteiger partial charge in [0.2, 0.25) is 5.91 Å². The van der Waals surface area contributed by atoms with Crippen molar-refractivity contribution in [3.8, 4) is 5.75 Å². The number of ether oxygens (including phenoxy) is 1. The quantitative estimate of drug-likeness (QED) is 0.338. The van der Waals surface area contributed by atoms with Crippen LogP contribution in [0.3, 0.4) is 0 Å². The monoisotopic (exact) mass is 483 g/mol. The number of hydrogen-bond donors (Lipinski definition) is 4. The molecule has 3 amide bonds. The number of anilines is 2. The van der Waals surface area contributed by atoms with Crippen molar-refractivity contribution in [1.82, 2.24) is 9.69 Å². The largest absolute Gasteiger partial charge is 0.508 e. The summed E-state index contributed by atoms with van der Waals surface area (Å²) in [5.74, 6) is -1.96. The van der Waals surface area contributed by atoms with Crippen LogP contribution in [0.15, 0.2) is 48.5 Å². The second-order valence-corrected chi connectivity index (χ2v) is 8.20. The van der Waals surface area contributed by atoms with E-state index in [0.717, 1.165) is 17.1 Å². The number of phenolic OH excluding ortho intramolecular Hbond substituents is 1. The van der Waals surface area contributed by atoms with E-state index in [1.54, 1.807) is 30.3 Å². The van der Waals surface area contributed by atoms with E-state index < -0.39 is 23.8 Å². The Morgan fingerprint density at radius 1 is 1.21 bits per heavy atom. The molecule has 1 aromatic heterocycles. The minimum Gasteiger partial charge on any atom is -0.508 e. The van der Waals surface area contributed by atoms with Crippen molar-refractivity contribution in [3.05, 3.63) is 70.2 Å². The molecule has 0 spiro atoms. The Bertz CT molecular complexity index is 1190. The molecule has 0 aliphatic rings. The van der Waals surface area contributed by atoms with E-state index in [1.165, 1.54) is 24.1 Å². The minimum atomic E-state index is -1.13. The lowest BCUT2D eigenvalue weighted by atomic mass is 10.0. The zero-order chi connectivity index (χ0) is 24.8. The molecule has 0 saturated heterocycles. The molecular formula is C23H25N5O5S. The van der Waals surface area contributed by atoms with Gasteiger partial charge in [0.25, 0.3) is 11.8 Å². The van der Waals surface area contributed by atoms with Gasteiger partial charge in [-0.15, -0.1) is 0 Å². The maximum atomic E-state index is 13.8. The summed E-state index contributed by atoms with van der Waals surface area (Å²) in [5.41, 5.74) is 12.7. The van der Waals surface area contributed by atoms with Gasteiger partial charge in [-0.1, -0.05) is 24.3 Å². The number of aromatic nitrogens is 1.